The molecule has 0 saturated heterocycles. The second kappa shape index (κ2) is 9.68. The topological polar surface area (TPSA) is 83.5 Å². The summed E-state index contributed by atoms with van der Waals surface area (Å²) in [5.74, 6) is -0.511. The summed E-state index contributed by atoms with van der Waals surface area (Å²) >= 11 is 1.64. The summed E-state index contributed by atoms with van der Waals surface area (Å²) in [5.41, 5.74) is 1.80. The molecule has 6 nitrogen and oxygen atoms in total. The van der Waals surface area contributed by atoms with Crippen LogP contribution in [0.5, 0.6) is 0 Å². The van der Waals surface area contributed by atoms with Crippen LogP contribution in [0.2, 0.25) is 0 Å². The first-order valence-electron chi connectivity index (χ1n) is 11.7. The fourth-order valence-electron chi connectivity index (χ4n) is 5.89. The first-order valence-corrected chi connectivity index (χ1v) is 12.5. The molecule has 8 heteroatoms. The van der Waals surface area contributed by atoms with Gasteiger partial charge in [-0.2, -0.15) is 0 Å². The molecule has 2 aliphatic carbocycles. The second-order valence-electron chi connectivity index (χ2n) is 9.87. The standard InChI is InChI=1S/C25H34FN3O3S/c1-14(23(31)27-11-12-32-4)18-9-10-25(3)13-19-21(15(2)20(25)22(18)30)29-24(33-19)28-17-7-5-16(26)6-8-17/h5-8,14-15,18,20,22,30H,9-13H2,1-4H3,(H,27,31)(H,28,29)/t14-,15+,18+,20+,22-,25+/m0/s1. The number of aliphatic hydroxyl groups is 1. The van der Waals surface area contributed by atoms with E-state index < -0.39 is 6.10 Å². The Morgan fingerprint density at radius 1 is 1.39 bits per heavy atom. The van der Waals surface area contributed by atoms with Crippen molar-refractivity contribution in [1.82, 2.24) is 10.3 Å². The van der Waals surface area contributed by atoms with E-state index in [1.54, 1.807) is 30.6 Å². The van der Waals surface area contributed by atoms with Crippen LogP contribution in [0.15, 0.2) is 24.3 Å². The van der Waals surface area contributed by atoms with E-state index in [1.165, 1.54) is 17.0 Å². The van der Waals surface area contributed by atoms with Gasteiger partial charge in [0.25, 0.3) is 0 Å². The molecule has 0 unspecified atom stereocenters. The summed E-state index contributed by atoms with van der Waals surface area (Å²) in [7, 11) is 1.61. The van der Waals surface area contributed by atoms with Crippen LogP contribution in [0, 0.1) is 29.0 Å². The van der Waals surface area contributed by atoms with E-state index >= 15 is 0 Å². The molecule has 1 aromatic carbocycles. The molecule has 6 atom stereocenters. The number of nitrogens with zero attached hydrogens (tertiary/aromatic N) is 1. The number of methoxy groups -OCH3 is 1. The third-order valence-electron chi connectivity index (χ3n) is 7.68. The van der Waals surface area contributed by atoms with E-state index in [1.807, 2.05) is 6.92 Å². The molecule has 0 radical (unpaired) electrons. The molecule has 1 fully saturated rings. The van der Waals surface area contributed by atoms with Crippen LogP contribution in [-0.4, -0.2) is 42.4 Å². The number of benzene rings is 1. The van der Waals surface area contributed by atoms with Crippen LogP contribution in [0.4, 0.5) is 15.2 Å². The maximum atomic E-state index is 13.2. The Bertz CT molecular complexity index is 982. The van der Waals surface area contributed by atoms with Gasteiger partial charge in [-0.3, -0.25) is 4.79 Å². The number of carbonyl (C=O) groups excluding carboxylic acids is 1. The molecule has 0 bridgehead atoms. The highest BCUT2D eigenvalue weighted by Crippen LogP contribution is 2.57. The minimum absolute atomic E-state index is 0.0247. The van der Waals surface area contributed by atoms with Crippen LogP contribution < -0.4 is 10.6 Å². The number of anilines is 2. The van der Waals surface area contributed by atoms with Crippen molar-refractivity contribution in [2.75, 3.05) is 25.6 Å². The van der Waals surface area contributed by atoms with E-state index in [9.17, 15) is 14.3 Å². The number of nitrogens with one attached hydrogen (secondary N) is 2. The Morgan fingerprint density at radius 3 is 2.82 bits per heavy atom. The summed E-state index contributed by atoms with van der Waals surface area (Å²) in [4.78, 5) is 18.8. The minimum atomic E-state index is -0.565. The van der Waals surface area contributed by atoms with Gasteiger partial charge in [-0.05, 0) is 60.8 Å². The van der Waals surface area contributed by atoms with Crippen molar-refractivity contribution >= 4 is 28.1 Å². The van der Waals surface area contributed by atoms with Gasteiger partial charge in [0, 0.05) is 36.1 Å². The Morgan fingerprint density at radius 2 is 2.12 bits per heavy atom. The van der Waals surface area contributed by atoms with Gasteiger partial charge in [0.05, 0.1) is 18.4 Å². The lowest BCUT2D eigenvalue weighted by molar-refractivity contribution is -0.135. The van der Waals surface area contributed by atoms with Crippen LogP contribution in [-0.2, 0) is 16.0 Å². The maximum absolute atomic E-state index is 13.2. The zero-order valence-electron chi connectivity index (χ0n) is 19.7. The van der Waals surface area contributed by atoms with E-state index in [2.05, 4.69) is 24.5 Å². The van der Waals surface area contributed by atoms with E-state index in [-0.39, 0.29) is 40.8 Å². The number of ether oxygens (including phenoxy) is 1. The van der Waals surface area contributed by atoms with Gasteiger partial charge in [-0.25, -0.2) is 9.37 Å². The molecular formula is C25H34FN3O3S. The van der Waals surface area contributed by atoms with Crippen LogP contribution in [0.25, 0.3) is 0 Å². The normalized spacial score (nSPS) is 29.6. The third kappa shape index (κ3) is 4.79. The van der Waals surface area contributed by atoms with Crippen molar-refractivity contribution in [3.8, 4) is 0 Å². The van der Waals surface area contributed by atoms with E-state index in [0.29, 0.717) is 13.2 Å². The fraction of sp³-hybridized carbons (Fsp3) is 0.600. The number of carbonyl (C=O) groups is 1. The van der Waals surface area contributed by atoms with E-state index in [4.69, 9.17) is 9.72 Å². The van der Waals surface area contributed by atoms with Crippen molar-refractivity contribution in [2.24, 2.45) is 23.2 Å². The third-order valence-corrected chi connectivity index (χ3v) is 8.67. The molecule has 1 saturated carbocycles. The Balaban J connectivity index is 1.52. The van der Waals surface area contributed by atoms with Crippen molar-refractivity contribution < 1.29 is 19.0 Å². The molecule has 3 N–H and O–H groups in total. The summed E-state index contributed by atoms with van der Waals surface area (Å²) in [6.07, 6.45) is 2.11. The molecule has 2 aromatic rings. The number of aliphatic hydroxyl groups excluding tert-OH is 1. The van der Waals surface area contributed by atoms with E-state index in [0.717, 1.165) is 35.8 Å². The molecule has 1 heterocycles. The number of rotatable bonds is 7. The highest BCUT2D eigenvalue weighted by molar-refractivity contribution is 7.15. The minimum Gasteiger partial charge on any atom is -0.392 e. The lowest BCUT2D eigenvalue weighted by atomic mass is 9.53. The molecule has 180 valence electrons. The summed E-state index contributed by atoms with van der Waals surface area (Å²) in [5, 5.41) is 18.5. The fourth-order valence-corrected chi connectivity index (χ4v) is 7.17. The van der Waals surface area contributed by atoms with Crippen molar-refractivity contribution in [2.45, 2.75) is 52.1 Å². The molecule has 33 heavy (non-hydrogen) atoms. The number of thiazole rings is 1. The predicted octanol–water partition coefficient (Wildman–Crippen LogP) is 4.48. The molecular weight excluding hydrogens is 441 g/mol. The van der Waals surface area contributed by atoms with Crippen molar-refractivity contribution in [3.63, 3.8) is 0 Å². The van der Waals surface area contributed by atoms with Gasteiger partial charge >= 0.3 is 0 Å². The molecule has 1 aromatic heterocycles. The Labute approximate surface area is 199 Å². The first-order chi connectivity index (χ1) is 15.7. The summed E-state index contributed by atoms with van der Waals surface area (Å²) < 4.78 is 18.3. The van der Waals surface area contributed by atoms with Crippen molar-refractivity contribution in [1.29, 1.82) is 0 Å². The zero-order valence-corrected chi connectivity index (χ0v) is 20.5. The number of fused-ring (bicyclic) bond motifs is 2. The number of hydrogen-bond acceptors (Lipinski definition) is 6. The number of hydrogen-bond donors (Lipinski definition) is 3. The van der Waals surface area contributed by atoms with Crippen LogP contribution in [0.1, 0.15) is 50.1 Å². The number of halogens is 1. The number of aromatic nitrogens is 1. The predicted molar refractivity (Wildman–Crippen MR) is 128 cm³/mol. The largest absolute Gasteiger partial charge is 0.392 e. The Hall–Kier alpha value is -2.03. The molecule has 2 aliphatic rings. The number of amides is 1. The molecule has 4 rings (SSSR count). The SMILES string of the molecule is COCCNC(=O)[C@@H](C)[C@H]1CC[C@]2(C)Cc3sc(Nc4ccc(F)cc4)nc3[C@H](C)[C@@H]2[C@H]1O. The lowest BCUT2D eigenvalue weighted by Gasteiger charge is -2.53. The van der Waals surface area contributed by atoms with Crippen molar-refractivity contribution in [3.05, 3.63) is 40.7 Å². The lowest BCUT2D eigenvalue weighted by Crippen LogP contribution is -2.53. The van der Waals surface area contributed by atoms with Gasteiger partial charge in [0.2, 0.25) is 5.91 Å². The highest BCUT2D eigenvalue weighted by Gasteiger charge is 2.53. The molecule has 0 aliphatic heterocycles. The average molecular weight is 476 g/mol. The Kier molecular flexibility index (Phi) is 7.07. The summed E-state index contributed by atoms with van der Waals surface area (Å²) in [6, 6.07) is 6.26. The van der Waals surface area contributed by atoms with Gasteiger partial charge in [0.15, 0.2) is 5.13 Å². The maximum Gasteiger partial charge on any atom is 0.223 e. The van der Waals surface area contributed by atoms with Gasteiger partial charge in [-0.15, -0.1) is 11.3 Å². The quantitative estimate of drug-likeness (QED) is 0.515. The monoisotopic (exact) mass is 475 g/mol. The first kappa shape index (κ1) is 24.1. The average Bonchev–Trinajstić information content (AvgIpc) is 3.17. The summed E-state index contributed by atoms with van der Waals surface area (Å²) in [6.45, 7) is 7.30. The van der Waals surface area contributed by atoms with Gasteiger partial charge in [0.1, 0.15) is 5.82 Å². The van der Waals surface area contributed by atoms with Gasteiger partial charge in [-0.1, -0.05) is 20.8 Å². The highest BCUT2D eigenvalue weighted by atomic mass is 32.1. The molecule has 1 amide bonds. The molecule has 0 spiro atoms. The van der Waals surface area contributed by atoms with Gasteiger partial charge < -0.3 is 20.5 Å². The van der Waals surface area contributed by atoms with Crippen LogP contribution >= 0.6 is 11.3 Å². The van der Waals surface area contributed by atoms with Crippen LogP contribution in [0.3, 0.4) is 0 Å². The smallest absolute Gasteiger partial charge is 0.223 e. The second-order valence-corrected chi connectivity index (χ2v) is 11.0. The zero-order chi connectivity index (χ0) is 23.8.